The summed E-state index contributed by atoms with van der Waals surface area (Å²) in [7, 11) is 0. The van der Waals surface area contributed by atoms with Crippen molar-refractivity contribution in [2.75, 3.05) is 13.1 Å². The second kappa shape index (κ2) is 7.26. The number of fused-ring (bicyclic) bond motifs is 2. The van der Waals surface area contributed by atoms with E-state index < -0.39 is 6.10 Å². The highest BCUT2D eigenvalue weighted by atomic mass is 16.3. The fourth-order valence-electron chi connectivity index (χ4n) is 5.13. The van der Waals surface area contributed by atoms with Gasteiger partial charge in [0, 0.05) is 26.1 Å². The van der Waals surface area contributed by atoms with Gasteiger partial charge in [0.1, 0.15) is 18.5 Å². The highest BCUT2D eigenvalue weighted by Gasteiger charge is 2.43. The predicted octanol–water partition coefficient (Wildman–Crippen LogP) is 1.80. The van der Waals surface area contributed by atoms with Crippen LogP contribution in [0.1, 0.15) is 31.1 Å². The number of para-hydroxylation sites is 2. The highest BCUT2D eigenvalue weighted by Crippen LogP contribution is 2.41. The average Bonchev–Trinajstić information content (AvgIpc) is 3.43. The monoisotopic (exact) mass is 394 g/mol. The minimum absolute atomic E-state index is 0.0474. The van der Waals surface area contributed by atoms with Gasteiger partial charge in [0.15, 0.2) is 0 Å². The van der Waals surface area contributed by atoms with Gasteiger partial charge in [0.2, 0.25) is 5.91 Å². The summed E-state index contributed by atoms with van der Waals surface area (Å²) in [4.78, 5) is 23.5. The third kappa shape index (κ3) is 3.31. The first-order valence-corrected chi connectivity index (χ1v) is 10.3. The molecule has 152 valence electrons. The van der Waals surface area contributed by atoms with E-state index in [1.165, 1.54) is 6.33 Å². The van der Waals surface area contributed by atoms with E-state index in [1.807, 2.05) is 30.0 Å². The van der Waals surface area contributed by atoms with Crippen LogP contribution in [0.5, 0.6) is 0 Å². The molecule has 2 aromatic heterocycles. The number of nitrogens with zero attached hydrogens (tertiary/aromatic N) is 6. The molecule has 5 rings (SSSR count). The van der Waals surface area contributed by atoms with E-state index in [0.29, 0.717) is 31.2 Å². The number of benzene rings is 1. The molecule has 0 unspecified atom stereocenters. The molecule has 0 bridgehead atoms. The van der Waals surface area contributed by atoms with Crippen molar-refractivity contribution < 1.29 is 9.90 Å². The molecule has 0 radical (unpaired) electrons. The lowest BCUT2D eigenvalue weighted by molar-refractivity contribution is -0.130. The first kappa shape index (κ1) is 18.3. The Morgan fingerprint density at radius 3 is 2.79 bits per heavy atom. The van der Waals surface area contributed by atoms with Crippen LogP contribution in [-0.4, -0.2) is 59.4 Å². The molecule has 4 atom stereocenters. The first-order valence-electron chi connectivity index (χ1n) is 10.3. The Balaban J connectivity index is 1.23. The molecule has 1 aromatic carbocycles. The van der Waals surface area contributed by atoms with Crippen LogP contribution in [-0.2, 0) is 11.3 Å². The zero-order valence-corrected chi connectivity index (χ0v) is 16.6. The van der Waals surface area contributed by atoms with Crippen LogP contribution >= 0.6 is 0 Å². The number of aliphatic hydroxyl groups excluding tert-OH is 1. The quantitative estimate of drug-likeness (QED) is 0.729. The summed E-state index contributed by atoms with van der Waals surface area (Å²) in [5.74, 6) is 1.90. The van der Waals surface area contributed by atoms with Gasteiger partial charge in [-0.1, -0.05) is 12.1 Å². The van der Waals surface area contributed by atoms with Gasteiger partial charge in [0.05, 0.1) is 23.2 Å². The Morgan fingerprint density at radius 2 is 2.00 bits per heavy atom. The summed E-state index contributed by atoms with van der Waals surface area (Å²) >= 11 is 0. The van der Waals surface area contributed by atoms with Crippen molar-refractivity contribution in [1.82, 2.24) is 29.2 Å². The molecule has 1 aliphatic carbocycles. The molecular weight excluding hydrogens is 368 g/mol. The maximum Gasteiger partial charge on any atom is 0.224 e. The van der Waals surface area contributed by atoms with E-state index in [0.717, 1.165) is 36.4 Å². The minimum atomic E-state index is -0.437. The largest absolute Gasteiger partial charge is 0.391 e. The maximum atomic E-state index is 12.9. The van der Waals surface area contributed by atoms with Crippen LogP contribution in [0.2, 0.25) is 0 Å². The summed E-state index contributed by atoms with van der Waals surface area (Å²) in [6.45, 7) is 4.14. The highest BCUT2D eigenvalue weighted by molar-refractivity contribution is 5.78. The Morgan fingerprint density at radius 1 is 1.21 bits per heavy atom. The fourth-order valence-corrected chi connectivity index (χ4v) is 5.13. The number of hydrogen-bond acceptors (Lipinski definition) is 5. The Kier molecular flexibility index (Phi) is 4.58. The van der Waals surface area contributed by atoms with Crippen molar-refractivity contribution in [2.24, 2.45) is 11.8 Å². The number of carbonyl (C=O) groups is 1. The number of imidazole rings is 1. The predicted molar refractivity (Wildman–Crippen MR) is 107 cm³/mol. The van der Waals surface area contributed by atoms with Crippen molar-refractivity contribution in [3.05, 3.63) is 42.7 Å². The van der Waals surface area contributed by atoms with E-state index in [9.17, 15) is 9.90 Å². The van der Waals surface area contributed by atoms with Gasteiger partial charge in [-0.2, -0.15) is 5.10 Å². The van der Waals surface area contributed by atoms with Gasteiger partial charge < -0.3 is 14.6 Å². The van der Waals surface area contributed by atoms with Crippen LogP contribution in [0, 0.1) is 18.8 Å². The second-order valence-corrected chi connectivity index (χ2v) is 8.35. The standard InChI is InChI=1S/C21H26N6O2/c1-14-24-17-4-2-3-5-18(17)26(14)7-6-21(29)25-10-15-8-19(27-13-22-12-23-27)20(28)9-16(15)11-25/h2-5,12-13,15-16,19-20,28H,6-11H2,1H3/t15-,16+,19-,20-/m1/s1. The van der Waals surface area contributed by atoms with E-state index >= 15 is 0 Å². The number of rotatable bonds is 4. The SMILES string of the molecule is Cc1nc2ccccc2n1CCC(=O)N1C[C@H]2C[C@@H](n3cncn3)[C@H](O)C[C@H]2C1. The number of aliphatic hydroxyl groups is 1. The van der Waals surface area contributed by atoms with Crippen molar-refractivity contribution in [2.45, 2.75) is 44.9 Å². The molecule has 3 aromatic rings. The van der Waals surface area contributed by atoms with Crippen LogP contribution in [0.4, 0.5) is 0 Å². The summed E-state index contributed by atoms with van der Waals surface area (Å²) in [6, 6.07) is 7.99. The fraction of sp³-hybridized carbons (Fsp3) is 0.524. The Bertz CT molecular complexity index is 1010. The Hall–Kier alpha value is -2.74. The summed E-state index contributed by atoms with van der Waals surface area (Å²) < 4.78 is 3.89. The number of aromatic nitrogens is 5. The van der Waals surface area contributed by atoms with Crippen molar-refractivity contribution in [1.29, 1.82) is 0 Å². The molecule has 1 saturated heterocycles. The lowest BCUT2D eigenvalue weighted by Crippen LogP contribution is -2.36. The smallest absolute Gasteiger partial charge is 0.224 e. The van der Waals surface area contributed by atoms with Gasteiger partial charge in [0.25, 0.3) is 0 Å². The molecule has 8 heteroatoms. The Labute approximate surface area is 169 Å². The van der Waals surface area contributed by atoms with Crippen LogP contribution in [0.3, 0.4) is 0 Å². The molecule has 1 aliphatic heterocycles. The third-order valence-electron chi connectivity index (χ3n) is 6.63. The average molecular weight is 394 g/mol. The summed E-state index contributed by atoms with van der Waals surface area (Å²) in [6.07, 6.45) is 4.76. The van der Waals surface area contributed by atoms with E-state index in [2.05, 4.69) is 25.7 Å². The third-order valence-corrected chi connectivity index (χ3v) is 6.63. The molecule has 2 aliphatic rings. The van der Waals surface area contributed by atoms with Gasteiger partial charge in [-0.25, -0.2) is 14.6 Å². The van der Waals surface area contributed by atoms with Crippen molar-refractivity contribution >= 4 is 16.9 Å². The van der Waals surface area contributed by atoms with Crippen molar-refractivity contribution in [3.63, 3.8) is 0 Å². The summed E-state index contributed by atoms with van der Waals surface area (Å²) in [5.41, 5.74) is 2.05. The van der Waals surface area contributed by atoms with E-state index in [-0.39, 0.29) is 11.9 Å². The lowest BCUT2D eigenvalue weighted by atomic mass is 9.77. The number of amides is 1. The molecule has 2 fully saturated rings. The molecule has 1 saturated carbocycles. The van der Waals surface area contributed by atoms with E-state index in [4.69, 9.17) is 0 Å². The molecule has 1 amide bonds. The first-order chi connectivity index (χ1) is 14.1. The number of carbonyl (C=O) groups excluding carboxylic acids is 1. The summed E-state index contributed by atoms with van der Waals surface area (Å²) in [5, 5.41) is 14.8. The molecule has 8 nitrogen and oxygen atoms in total. The molecular formula is C21H26N6O2. The second-order valence-electron chi connectivity index (χ2n) is 8.35. The van der Waals surface area contributed by atoms with Gasteiger partial charge >= 0.3 is 0 Å². The van der Waals surface area contributed by atoms with E-state index in [1.54, 1.807) is 11.0 Å². The van der Waals surface area contributed by atoms with Gasteiger partial charge in [-0.05, 0) is 43.7 Å². The topological polar surface area (TPSA) is 89.1 Å². The zero-order chi connectivity index (χ0) is 20.0. The van der Waals surface area contributed by atoms with Gasteiger partial charge in [-0.3, -0.25) is 4.79 Å². The normalized spacial score (nSPS) is 26.8. The lowest BCUT2D eigenvalue weighted by Gasteiger charge is -2.34. The number of likely N-dealkylation sites (tertiary alicyclic amines) is 1. The number of aryl methyl sites for hydroxylation is 2. The molecule has 3 heterocycles. The van der Waals surface area contributed by atoms with Crippen LogP contribution in [0.25, 0.3) is 11.0 Å². The van der Waals surface area contributed by atoms with Crippen LogP contribution in [0.15, 0.2) is 36.9 Å². The van der Waals surface area contributed by atoms with Gasteiger partial charge in [-0.15, -0.1) is 0 Å². The molecule has 1 N–H and O–H groups in total. The van der Waals surface area contributed by atoms with Crippen LogP contribution < -0.4 is 0 Å². The minimum Gasteiger partial charge on any atom is -0.391 e. The maximum absolute atomic E-state index is 12.9. The van der Waals surface area contributed by atoms with Crippen molar-refractivity contribution in [3.8, 4) is 0 Å². The zero-order valence-electron chi connectivity index (χ0n) is 16.6. The molecule has 0 spiro atoms. The number of hydrogen-bond donors (Lipinski definition) is 1. The molecule has 29 heavy (non-hydrogen) atoms.